The van der Waals surface area contributed by atoms with Crippen LogP contribution in [0.15, 0.2) is 71.9 Å². The van der Waals surface area contributed by atoms with Crippen molar-refractivity contribution in [1.82, 2.24) is 14.3 Å². The molecule has 0 N–H and O–H groups in total. The van der Waals surface area contributed by atoms with Gasteiger partial charge in [0.1, 0.15) is 11.9 Å². The number of halogens is 1. The number of rotatable bonds is 4. The Labute approximate surface area is 162 Å². The number of benzene rings is 2. The molecular formula is C20H18FN3O3S. The maximum Gasteiger partial charge on any atom is 0.243 e. The summed E-state index contributed by atoms with van der Waals surface area (Å²) in [5.74, 6) is -0.382. The molecule has 1 fully saturated rings. The molecule has 6 nitrogen and oxygen atoms in total. The monoisotopic (exact) mass is 399 g/mol. The van der Waals surface area contributed by atoms with Crippen LogP contribution in [0, 0.1) is 5.82 Å². The van der Waals surface area contributed by atoms with Crippen LogP contribution in [-0.4, -0.2) is 42.4 Å². The van der Waals surface area contributed by atoms with Gasteiger partial charge in [0.25, 0.3) is 0 Å². The molecule has 0 radical (unpaired) electrons. The van der Waals surface area contributed by atoms with E-state index >= 15 is 0 Å². The molecule has 1 aromatic heterocycles. The van der Waals surface area contributed by atoms with Gasteiger partial charge in [0.2, 0.25) is 10.0 Å². The lowest BCUT2D eigenvalue weighted by molar-refractivity contribution is -0.00477. The van der Waals surface area contributed by atoms with Crippen molar-refractivity contribution in [3.8, 4) is 11.3 Å². The Balaban J connectivity index is 1.66. The zero-order valence-corrected chi connectivity index (χ0v) is 15.7. The number of hydrogen-bond acceptors (Lipinski definition) is 5. The van der Waals surface area contributed by atoms with Crippen LogP contribution in [0.25, 0.3) is 11.3 Å². The van der Waals surface area contributed by atoms with Crippen molar-refractivity contribution in [2.75, 3.05) is 19.7 Å². The van der Waals surface area contributed by atoms with E-state index in [9.17, 15) is 12.8 Å². The predicted molar refractivity (Wildman–Crippen MR) is 101 cm³/mol. The fraction of sp³-hybridized carbons (Fsp3) is 0.200. The number of aromatic nitrogens is 2. The lowest BCUT2D eigenvalue weighted by Crippen LogP contribution is -2.42. The standard InChI is InChI=1S/C20H18FN3O3S/c21-16-6-4-5-15(13-16)19-20(23-10-9-22-19)18-14-24(11-12-27-18)28(25,26)17-7-2-1-3-8-17/h1-10,13,18H,11-12,14H2/t18-/m0/s1. The molecule has 144 valence electrons. The molecule has 1 atom stereocenters. The first-order valence-electron chi connectivity index (χ1n) is 8.79. The van der Waals surface area contributed by atoms with Gasteiger partial charge in [-0.25, -0.2) is 12.8 Å². The Morgan fingerprint density at radius 3 is 2.61 bits per heavy atom. The van der Waals surface area contributed by atoms with Gasteiger partial charge >= 0.3 is 0 Å². The van der Waals surface area contributed by atoms with Gasteiger partial charge in [-0.1, -0.05) is 30.3 Å². The van der Waals surface area contributed by atoms with E-state index in [4.69, 9.17) is 4.74 Å². The van der Waals surface area contributed by atoms with Crippen molar-refractivity contribution >= 4 is 10.0 Å². The van der Waals surface area contributed by atoms with Crippen LogP contribution in [-0.2, 0) is 14.8 Å². The van der Waals surface area contributed by atoms with Crippen molar-refractivity contribution in [2.24, 2.45) is 0 Å². The third kappa shape index (κ3) is 3.66. The Morgan fingerprint density at radius 1 is 1.04 bits per heavy atom. The minimum Gasteiger partial charge on any atom is -0.369 e. The fourth-order valence-electron chi connectivity index (χ4n) is 3.19. The van der Waals surface area contributed by atoms with Gasteiger partial charge in [0.05, 0.1) is 22.9 Å². The maximum atomic E-state index is 13.7. The minimum absolute atomic E-state index is 0.109. The van der Waals surface area contributed by atoms with E-state index < -0.39 is 16.1 Å². The topological polar surface area (TPSA) is 72.4 Å². The average molecular weight is 399 g/mol. The summed E-state index contributed by atoms with van der Waals surface area (Å²) in [7, 11) is -3.64. The summed E-state index contributed by atoms with van der Waals surface area (Å²) < 4.78 is 46.8. The molecule has 3 aromatic rings. The molecule has 4 rings (SSSR count). The van der Waals surface area contributed by atoms with E-state index in [1.165, 1.54) is 28.8 Å². The van der Waals surface area contributed by atoms with E-state index in [1.807, 2.05) is 0 Å². The third-order valence-electron chi connectivity index (χ3n) is 4.54. The van der Waals surface area contributed by atoms with Crippen LogP contribution in [0.5, 0.6) is 0 Å². The van der Waals surface area contributed by atoms with E-state index in [0.717, 1.165) is 0 Å². The van der Waals surface area contributed by atoms with Crippen molar-refractivity contribution in [3.05, 3.63) is 78.5 Å². The van der Waals surface area contributed by atoms with Crippen LogP contribution in [0.3, 0.4) is 0 Å². The zero-order chi connectivity index (χ0) is 19.6. The summed E-state index contributed by atoms with van der Waals surface area (Å²) in [5, 5.41) is 0. The van der Waals surface area contributed by atoms with Crippen molar-refractivity contribution < 1.29 is 17.5 Å². The van der Waals surface area contributed by atoms with Crippen LogP contribution < -0.4 is 0 Å². The molecule has 2 heterocycles. The highest BCUT2D eigenvalue weighted by Crippen LogP contribution is 2.31. The van der Waals surface area contributed by atoms with Gasteiger partial charge in [0.15, 0.2) is 0 Å². The zero-order valence-electron chi connectivity index (χ0n) is 14.9. The van der Waals surface area contributed by atoms with Gasteiger partial charge in [0, 0.05) is 31.0 Å². The third-order valence-corrected chi connectivity index (χ3v) is 6.42. The summed E-state index contributed by atoms with van der Waals surface area (Å²) >= 11 is 0. The highest BCUT2D eigenvalue weighted by Gasteiger charge is 2.33. The summed E-state index contributed by atoms with van der Waals surface area (Å²) in [6.07, 6.45) is 2.44. The second-order valence-electron chi connectivity index (χ2n) is 6.34. The number of ether oxygens (including phenoxy) is 1. The number of hydrogen-bond donors (Lipinski definition) is 0. The predicted octanol–water partition coefficient (Wildman–Crippen LogP) is 3.04. The lowest BCUT2D eigenvalue weighted by Gasteiger charge is -2.32. The molecule has 0 unspecified atom stereocenters. The second-order valence-corrected chi connectivity index (χ2v) is 8.27. The van der Waals surface area contributed by atoms with Crippen LogP contribution in [0.4, 0.5) is 4.39 Å². The molecule has 0 aliphatic carbocycles. The number of nitrogens with zero attached hydrogens (tertiary/aromatic N) is 3. The molecule has 1 saturated heterocycles. The Hall–Kier alpha value is -2.68. The smallest absolute Gasteiger partial charge is 0.243 e. The fourth-order valence-corrected chi connectivity index (χ4v) is 4.64. The quantitative estimate of drug-likeness (QED) is 0.674. The molecule has 1 aliphatic rings. The van der Waals surface area contributed by atoms with Crippen molar-refractivity contribution in [3.63, 3.8) is 0 Å². The first-order chi connectivity index (χ1) is 13.6. The lowest BCUT2D eigenvalue weighted by atomic mass is 10.1. The van der Waals surface area contributed by atoms with Crippen LogP contribution >= 0.6 is 0 Å². The minimum atomic E-state index is -3.64. The molecule has 0 spiro atoms. The van der Waals surface area contributed by atoms with Crippen LogP contribution in [0.1, 0.15) is 11.8 Å². The number of morpholine rings is 1. The average Bonchev–Trinajstić information content (AvgIpc) is 2.74. The van der Waals surface area contributed by atoms with Gasteiger partial charge in [-0.2, -0.15) is 4.31 Å². The molecule has 2 aromatic carbocycles. The first kappa shape index (κ1) is 18.7. The van der Waals surface area contributed by atoms with Crippen molar-refractivity contribution in [2.45, 2.75) is 11.0 Å². The molecule has 8 heteroatoms. The summed E-state index contributed by atoms with van der Waals surface area (Å²) in [4.78, 5) is 8.94. The van der Waals surface area contributed by atoms with E-state index in [1.54, 1.807) is 42.5 Å². The molecule has 1 aliphatic heterocycles. The summed E-state index contributed by atoms with van der Waals surface area (Å²) in [5.41, 5.74) is 1.53. The van der Waals surface area contributed by atoms with Gasteiger partial charge in [-0.15, -0.1) is 0 Å². The molecular weight excluding hydrogens is 381 g/mol. The highest BCUT2D eigenvalue weighted by molar-refractivity contribution is 7.89. The molecule has 0 saturated carbocycles. The number of sulfonamides is 1. The summed E-state index contributed by atoms with van der Waals surface area (Å²) in [6.45, 7) is 0.595. The Bertz CT molecular complexity index is 1080. The first-order valence-corrected chi connectivity index (χ1v) is 10.2. The van der Waals surface area contributed by atoms with Gasteiger partial charge < -0.3 is 4.74 Å². The van der Waals surface area contributed by atoms with Crippen molar-refractivity contribution in [1.29, 1.82) is 0 Å². The molecule has 28 heavy (non-hydrogen) atoms. The van der Waals surface area contributed by atoms with E-state index in [-0.39, 0.29) is 30.4 Å². The second kappa shape index (κ2) is 7.75. The largest absolute Gasteiger partial charge is 0.369 e. The molecule has 0 bridgehead atoms. The maximum absolute atomic E-state index is 13.7. The highest BCUT2D eigenvalue weighted by atomic mass is 32.2. The normalized spacial score (nSPS) is 18.1. The van der Waals surface area contributed by atoms with E-state index in [2.05, 4.69) is 9.97 Å². The Morgan fingerprint density at radius 2 is 1.82 bits per heavy atom. The Kier molecular flexibility index (Phi) is 5.17. The molecule has 0 amide bonds. The summed E-state index contributed by atoms with van der Waals surface area (Å²) in [6, 6.07) is 14.3. The van der Waals surface area contributed by atoms with Gasteiger partial charge in [-0.05, 0) is 24.3 Å². The van der Waals surface area contributed by atoms with Crippen LogP contribution in [0.2, 0.25) is 0 Å². The van der Waals surface area contributed by atoms with Gasteiger partial charge in [-0.3, -0.25) is 9.97 Å². The SMILES string of the molecule is O=S(=O)(c1ccccc1)N1CCO[C@H](c2nccnc2-c2cccc(F)c2)C1. The van der Waals surface area contributed by atoms with E-state index in [0.29, 0.717) is 17.0 Å².